The maximum absolute atomic E-state index is 11.7. The van der Waals surface area contributed by atoms with Crippen LogP contribution in [0.15, 0.2) is 12.1 Å². The molecule has 0 saturated carbocycles. The van der Waals surface area contributed by atoms with E-state index < -0.39 is 11.9 Å². The molecule has 1 rings (SSSR count). The van der Waals surface area contributed by atoms with E-state index in [-0.39, 0.29) is 11.1 Å². The van der Waals surface area contributed by atoms with Crippen molar-refractivity contribution in [1.29, 1.82) is 0 Å². The number of rotatable bonds is 20. The first-order chi connectivity index (χ1) is 15.5. The first kappa shape index (κ1) is 28.2. The number of aryl methyl sites for hydroxylation is 1. The molecule has 1 aromatic rings. The third kappa shape index (κ3) is 11.2. The minimum atomic E-state index is -1.17. The lowest BCUT2D eigenvalue weighted by molar-refractivity contribution is 0.0650. The van der Waals surface area contributed by atoms with Gasteiger partial charge in [0.25, 0.3) is 0 Å². The van der Waals surface area contributed by atoms with E-state index in [0.717, 1.165) is 31.2 Å². The van der Waals surface area contributed by atoms with Gasteiger partial charge in [-0.3, -0.25) is 0 Å². The molecule has 0 saturated heterocycles. The van der Waals surface area contributed by atoms with Gasteiger partial charge in [0.2, 0.25) is 0 Å². The largest absolute Gasteiger partial charge is 0.478 e. The number of carboxylic acids is 2. The van der Waals surface area contributed by atoms with Crippen molar-refractivity contribution in [2.45, 2.75) is 129 Å². The Morgan fingerprint density at radius 2 is 1.06 bits per heavy atom. The van der Waals surface area contributed by atoms with Gasteiger partial charge in [-0.15, -0.1) is 0 Å². The van der Waals surface area contributed by atoms with Crippen LogP contribution in [0.4, 0.5) is 0 Å². The zero-order valence-corrected chi connectivity index (χ0v) is 20.6. The van der Waals surface area contributed by atoms with Crippen molar-refractivity contribution in [2.24, 2.45) is 0 Å². The standard InChI is InChI=1S/C28H46O4/c1-3-5-6-7-8-9-10-11-12-13-14-15-16-17-18-20-23-21-22-25(27(29)30)26(28(31)32)24(23)19-4-2/h21-22H,3-20H2,1-2H3,(H,29,30)(H,31,32). The maximum atomic E-state index is 11.7. The summed E-state index contributed by atoms with van der Waals surface area (Å²) >= 11 is 0. The quantitative estimate of drug-likeness (QED) is 0.197. The monoisotopic (exact) mass is 446 g/mol. The first-order valence-electron chi connectivity index (χ1n) is 13.1. The Hall–Kier alpha value is -1.84. The second kappa shape index (κ2) is 17.7. The number of aromatic carboxylic acids is 2. The summed E-state index contributed by atoms with van der Waals surface area (Å²) < 4.78 is 0. The Morgan fingerprint density at radius 1 is 0.594 bits per heavy atom. The number of carboxylic acid groups (broad SMARTS) is 2. The fourth-order valence-corrected chi connectivity index (χ4v) is 4.57. The Labute approximate surface area is 195 Å². The van der Waals surface area contributed by atoms with E-state index in [1.165, 1.54) is 89.5 Å². The molecule has 0 heterocycles. The number of hydrogen-bond acceptors (Lipinski definition) is 2. The van der Waals surface area contributed by atoms with Crippen LogP contribution in [0.3, 0.4) is 0 Å². The van der Waals surface area contributed by atoms with E-state index in [1.807, 2.05) is 13.0 Å². The smallest absolute Gasteiger partial charge is 0.336 e. The summed E-state index contributed by atoms with van der Waals surface area (Å²) in [6.07, 6.45) is 22.0. The lowest BCUT2D eigenvalue weighted by atomic mass is 9.90. The molecule has 182 valence electrons. The molecular weight excluding hydrogens is 400 g/mol. The summed E-state index contributed by atoms with van der Waals surface area (Å²) in [5.41, 5.74) is 1.60. The molecule has 4 heteroatoms. The number of benzene rings is 1. The molecule has 0 aliphatic heterocycles. The van der Waals surface area contributed by atoms with Gasteiger partial charge in [0.1, 0.15) is 0 Å². The molecule has 0 aromatic heterocycles. The Balaban J connectivity index is 2.23. The molecule has 0 atom stereocenters. The van der Waals surface area contributed by atoms with Gasteiger partial charge in [-0.2, -0.15) is 0 Å². The summed E-state index contributed by atoms with van der Waals surface area (Å²) in [5, 5.41) is 18.9. The highest BCUT2D eigenvalue weighted by Crippen LogP contribution is 2.24. The molecule has 0 fully saturated rings. The topological polar surface area (TPSA) is 74.6 Å². The van der Waals surface area contributed by atoms with Gasteiger partial charge in [0, 0.05) is 0 Å². The second-order valence-electron chi connectivity index (χ2n) is 9.19. The molecule has 32 heavy (non-hydrogen) atoms. The van der Waals surface area contributed by atoms with Crippen LogP contribution < -0.4 is 0 Å². The Morgan fingerprint density at radius 3 is 1.47 bits per heavy atom. The van der Waals surface area contributed by atoms with Crippen LogP contribution in [0.2, 0.25) is 0 Å². The van der Waals surface area contributed by atoms with E-state index in [2.05, 4.69) is 6.92 Å². The molecule has 0 aliphatic rings. The van der Waals surface area contributed by atoms with E-state index in [1.54, 1.807) is 0 Å². The molecule has 0 spiro atoms. The molecule has 4 nitrogen and oxygen atoms in total. The lowest BCUT2D eigenvalue weighted by Crippen LogP contribution is -2.14. The van der Waals surface area contributed by atoms with Gasteiger partial charge in [0.05, 0.1) is 11.1 Å². The summed E-state index contributed by atoms with van der Waals surface area (Å²) in [4.78, 5) is 23.2. The lowest BCUT2D eigenvalue weighted by Gasteiger charge is -2.14. The minimum Gasteiger partial charge on any atom is -0.478 e. The average Bonchev–Trinajstić information content (AvgIpc) is 2.76. The molecule has 2 N–H and O–H groups in total. The summed E-state index contributed by atoms with van der Waals surface area (Å²) in [7, 11) is 0. The highest BCUT2D eigenvalue weighted by Gasteiger charge is 2.22. The summed E-state index contributed by atoms with van der Waals surface area (Å²) in [5.74, 6) is -2.30. The average molecular weight is 447 g/mol. The third-order valence-electron chi connectivity index (χ3n) is 6.40. The van der Waals surface area contributed by atoms with Crippen LogP contribution >= 0.6 is 0 Å². The molecule has 0 aliphatic carbocycles. The molecule has 0 unspecified atom stereocenters. The predicted molar refractivity (Wildman–Crippen MR) is 133 cm³/mol. The second-order valence-corrected chi connectivity index (χ2v) is 9.19. The maximum Gasteiger partial charge on any atom is 0.336 e. The van der Waals surface area contributed by atoms with Crippen LogP contribution in [0, 0.1) is 0 Å². The van der Waals surface area contributed by atoms with Crippen LogP contribution in [-0.4, -0.2) is 22.2 Å². The van der Waals surface area contributed by atoms with Gasteiger partial charge >= 0.3 is 11.9 Å². The highest BCUT2D eigenvalue weighted by molar-refractivity contribution is 6.03. The van der Waals surface area contributed by atoms with Crippen molar-refractivity contribution in [2.75, 3.05) is 0 Å². The normalized spacial score (nSPS) is 11.1. The fourth-order valence-electron chi connectivity index (χ4n) is 4.57. The molecule has 0 amide bonds. The van der Waals surface area contributed by atoms with Crippen molar-refractivity contribution in [3.05, 3.63) is 34.4 Å². The van der Waals surface area contributed by atoms with Gasteiger partial charge in [-0.25, -0.2) is 9.59 Å². The van der Waals surface area contributed by atoms with Gasteiger partial charge in [-0.05, 0) is 36.5 Å². The molecule has 1 aromatic carbocycles. The van der Waals surface area contributed by atoms with Crippen molar-refractivity contribution in [3.8, 4) is 0 Å². The van der Waals surface area contributed by atoms with Gasteiger partial charge < -0.3 is 10.2 Å². The van der Waals surface area contributed by atoms with Crippen molar-refractivity contribution >= 4 is 11.9 Å². The van der Waals surface area contributed by atoms with Crippen molar-refractivity contribution in [3.63, 3.8) is 0 Å². The Kier molecular flexibility index (Phi) is 15.6. The fraction of sp³-hybridized carbons (Fsp3) is 0.714. The number of hydrogen-bond donors (Lipinski definition) is 2. The predicted octanol–water partition coefficient (Wildman–Crippen LogP) is 8.45. The van der Waals surface area contributed by atoms with E-state index in [9.17, 15) is 19.8 Å². The molecule has 0 bridgehead atoms. The van der Waals surface area contributed by atoms with Crippen LogP contribution in [-0.2, 0) is 12.8 Å². The van der Waals surface area contributed by atoms with Crippen LogP contribution in [0.5, 0.6) is 0 Å². The Bertz CT molecular complexity index is 666. The summed E-state index contributed by atoms with van der Waals surface area (Å²) in [6.45, 7) is 4.26. The van der Waals surface area contributed by atoms with Gasteiger partial charge in [-0.1, -0.05) is 116 Å². The molecule has 0 radical (unpaired) electrons. The van der Waals surface area contributed by atoms with Crippen LogP contribution in [0.25, 0.3) is 0 Å². The van der Waals surface area contributed by atoms with Crippen molar-refractivity contribution in [1.82, 2.24) is 0 Å². The van der Waals surface area contributed by atoms with Crippen LogP contribution in [0.1, 0.15) is 148 Å². The molecular formula is C28H46O4. The van der Waals surface area contributed by atoms with Crippen molar-refractivity contribution < 1.29 is 19.8 Å². The minimum absolute atomic E-state index is 0.0159. The third-order valence-corrected chi connectivity index (χ3v) is 6.40. The van der Waals surface area contributed by atoms with Gasteiger partial charge in [0.15, 0.2) is 0 Å². The van der Waals surface area contributed by atoms with E-state index >= 15 is 0 Å². The summed E-state index contributed by atoms with van der Waals surface area (Å²) in [6, 6.07) is 3.29. The SMILES string of the molecule is CCCCCCCCCCCCCCCCCc1ccc(C(=O)O)c(C(=O)O)c1CCC. The first-order valence-corrected chi connectivity index (χ1v) is 13.1. The zero-order valence-electron chi connectivity index (χ0n) is 20.6. The number of unbranched alkanes of at least 4 members (excludes halogenated alkanes) is 14. The van der Waals surface area contributed by atoms with E-state index in [4.69, 9.17) is 0 Å². The van der Waals surface area contributed by atoms with E-state index in [0.29, 0.717) is 12.0 Å². The zero-order chi connectivity index (χ0) is 23.6. The number of carbonyl (C=O) groups is 2. The highest BCUT2D eigenvalue weighted by atomic mass is 16.4.